The number of likely N-dealkylation sites (tertiary alicyclic amines) is 1. The van der Waals surface area contributed by atoms with Crippen LogP contribution in [0.15, 0.2) is 59.0 Å². The van der Waals surface area contributed by atoms with Gasteiger partial charge in [0.2, 0.25) is 11.8 Å². The van der Waals surface area contributed by atoms with Gasteiger partial charge in [-0.2, -0.15) is 5.10 Å². The summed E-state index contributed by atoms with van der Waals surface area (Å²) < 4.78 is 33.7. The monoisotopic (exact) mass is 449 g/mol. The molecule has 3 heterocycles. The highest BCUT2D eigenvalue weighted by molar-refractivity contribution is 5.93. The molecule has 0 spiro atoms. The lowest BCUT2D eigenvalue weighted by Crippen LogP contribution is -2.38. The van der Waals surface area contributed by atoms with Gasteiger partial charge in [-0.3, -0.25) is 9.48 Å². The Morgan fingerprint density at radius 1 is 0.939 bits per heavy atom. The Kier molecular flexibility index (Phi) is 5.45. The summed E-state index contributed by atoms with van der Waals surface area (Å²) in [5.41, 5.74) is 2.51. The van der Waals surface area contributed by atoms with Crippen molar-refractivity contribution in [1.82, 2.24) is 24.9 Å². The van der Waals surface area contributed by atoms with Crippen LogP contribution in [0.1, 0.15) is 35.1 Å². The van der Waals surface area contributed by atoms with E-state index in [1.54, 1.807) is 47.0 Å². The first kappa shape index (κ1) is 21.0. The van der Waals surface area contributed by atoms with Crippen molar-refractivity contribution in [3.8, 4) is 22.7 Å². The summed E-state index contributed by atoms with van der Waals surface area (Å²) in [7, 11) is 1.72. The zero-order chi connectivity index (χ0) is 22.9. The molecule has 2 aromatic heterocycles. The molecule has 0 saturated carbocycles. The van der Waals surface area contributed by atoms with Gasteiger partial charge in [0.1, 0.15) is 17.3 Å². The van der Waals surface area contributed by atoms with Crippen LogP contribution in [0.25, 0.3) is 22.7 Å². The molecule has 33 heavy (non-hydrogen) atoms. The lowest BCUT2D eigenvalue weighted by molar-refractivity contribution is 0.0695. The fourth-order valence-electron chi connectivity index (χ4n) is 4.03. The van der Waals surface area contributed by atoms with E-state index in [2.05, 4.69) is 15.3 Å². The Labute approximate surface area is 188 Å². The normalized spacial score (nSPS) is 14.6. The fraction of sp³-hybridized carbons (Fsp3) is 0.250. The van der Waals surface area contributed by atoms with Crippen molar-refractivity contribution < 1.29 is 18.0 Å². The number of piperidine rings is 1. The topological polar surface area (TPSA) is 77.1 Å². The number of hydrogen-bond donors (Lipinski definition) is 0. The largest absolute Gasteiger partial charge is 0.420 e. The van der Waals surface area contributed by atoms with Gasteiger partial charge in [-0.05, 0) is 67.4 Å². The second kappa shape index (κ2) is 8.57. The summed E-state index contributed by atoms with van der Waals surface area (Å²) in [6, 6.07) is 13.7. The molecule has 1 aliphatic heterocycles. The molecular formula is C24H21F2N5O2. The van der Waals surface area contributed by atoms with Gasteiger partial charge in [0, 0.05) is 37.2 Å². The van der Waals surface area contributed by atoms with Crippen molar-refractivity contribution >= 4 is 5.91 Å². The highest BCUT2D eigenvalue weighted by atomic mass is 19.1. The summed E-state index contributed by atoms with van der Waals surface area (Å²) in [5.74, 6) is 0.187. The van der Waals surface area contributed by atoms with Gasteiger partial charge in [-0.15, -0.1) is 10.2 Å². The zero-order valence-corrected chi connectivity index (χ0v) is 17.9. The molecule has 9 heteroatoms. The predicted octanol–water partition coefficient (Wildman–Crippen LogP) is 4.44. The molecule has 168 valence electrons. The van der Waals surface area contributed by atoms with Crippen LogP contribution in [0.3, 0.4) is 0 Å². The van der Waals surface area contributed by atoms with Crippen molar-refractivity contribution in [1.29, 1.82) is 0 Å². The minimum absolute atomic E-state index is 0.0528. The van der Waals surface area contributed by atoms with E-state index >= 15 is 0 Å². The molecule has 1 amide bonds. The number of amides is 1. The quantitative estimate of drug-likeness (QED) is 0.461. The molecule has 1 saturated heterocycles. The van der Waals surface area contributed by atoms with Crippen LogP contribution in [0.5, 0.6) is 0 Å². The standard InChI is InChI=1S/C24H21F2N5O2/c1-30-21(14-20(29-30)15-2-6-18(25)7-3-15)24(32)31-12-10-17(11-13-31)23-28-27-22(33-23)16-4-8-19(26)9-5-16/h2-9,14,17H,10-13H2,1H3. The van der Waals surface area contributed by atoms with Crippen LogP contribution < -0.4 is 0 Å². The number of aromatic nitrogens is 4. The van der Waals surface area contributed by atoms with Gasteiger partial charge in [-0.1, -0.05) is 0 Å². The fourth-order valence-corrected chi connectivity index (χ4v) is 4.03. The maximum Gasteiger partial charge on any atom is 0.272 e. The maximum absolute atomic E-state index is 13.2. The highest BCUT2D eigenvalue weighted by Crippen LogP contribution is 2.30. The van der Waals surface area contributed by atoms with Crippen molar-refractivity contribution in [2.45, 2.75) is 18.8 Å². The second-order valence-electron chi connectivity index (χ2n) is 8.06. The maximum atomic E-state index is 13.2. The Balaban J connectivity index is 1.25. The van der Waals surface area contributed by atoms with E-state index in [1.165, 1.54) is 24.3 Å². The van der Waals surface area contributed by atoms with Crippen molar-refractivity contribution in [2.24, 2.45) is 7.05 Å². The summed E-state index contributed by atoms with van der Waals surface area (Å²) in [4.78, 5) is 14.9. The van der Waals surface area contributed by atoms with Crippen molar-refractivity contribution in [3.63, 3.8) is 0 Å². The average molecular weight is 449 g/mol. The Hall–Kier alpha value is -3.88. The first-order chi connectivity index (χ1) is 16.0. The smallest absolute Gasteiger partial charge is 0.272 e. The second-order valence-corrected chi connectivity index (χ2v) is 8.06. The SMILES string of the molecule is Cn1nc(-c2ccc(F)cc2)cc1C(=O)N1CCC(c2nnc(-c3ccc(F)cc3)o2)CC1. The molecule has 0 atom stereocenters. The number of rotatable bonds is 4. The van der Waals surface area contributed by atoms with Gasteiger partial charge in [0.05, 0.1) is 5.69 Å². The van der Waals surface area contributed by atoms with E-state index in [1.807, 2.05) is 0 Å². The van der Waals surface area contributed by atoms with E-state index in [9.17, 15) is 13.6 Å². The van der Waals surface area contributed by atoms with E-state index in [0.717, 1.165) is 5.56 Å². The molecule has 1 aliphatic rings. The van der Waals surface area contributed by atoms with E-state index in [4.69, 9.17) is 4.42 Å². The Morgan fingerprint density at radius 3 is 2.18 bits per heavy atom. The number of carbonyl (C=O) groups excluding carboxylic acids is 1. The van der Waals surface area contributed by atoms with Gasteiger partial charge in [-0.25, -0.2) is 8.78 Å². The Bertz CT molecular complexity index is 1270. The molecule has 0 unspecified atom stereocenters. The molecule has 4 aromatic rings. The molecule has 0 aliphatic carbocycles. The third-order valence-corrected chi connectivity index (χ3v) is 5.90. The summed E-state index contributed by atoms with van der Waals surface area (Å²) in [6.45, 7) is 1.10. The lowest BCUT2D eigenvalue weighted by Gasteiger charge is -2.30. The van der Waals surface area contributed by atoms with Crippen LogP contribution in [-0.2, 0) is 7.05 Å². The molecule has 1 fully saturated rings. The number of nitrogens with zero attached hydrogens (tertiary/aromatic N) is 5. The number of halogens is 2. The van der Waals surface area contributed by atoms with Crippen LogP contribution in [0, 0.1) is 11.6 Å². The van der Waals surface area contributed by atoms with E-state index in [-0.39, 0.29) is 23.5 Å². The number of aryl methyl sites for hydroxylation is 1. The van der Waals surface area contributed by atoms with E-state index < -0.39 is 0 Å². The van der Waals surface area contributed by atoms with Crippen LogP contribution in [0.2, 0.25) is 0 Å². The first-order valence-electron chi connectivity index (χ1n) is 10.7. The number of carbonyl (C=O) groups is 1. The molecule has 0 N–H and O–H groups in total. The lowest BCUT2D eigenvalue weighted by atomic mass is 9.96. The molecule has 0 radical (unpaired) electrons. The molecule has 2 aromatic carbocycles. The predicted molar refractivity (Wildman–Crippen MR) is 116 cm³/mol. The number of hydrogen-bond acceptors (Lipinski definition) is 5. The summed E-state index contributed by atoms with van der Waals surface area (Å²) in [6.07, 6.45) is 1.39. The van der Waals surface area contributed by atoms with Crippen LogP contribution in [0.4, 0.5) is 8.78 Å². The van der Waals surface area contributed by atoms with Crippen molar-refractivity contribution in [3.05, 3.63) is 77.8 Å². The van der Waals surface area contributed by atoms with Gasteiger partial charge in [0.15, 0.2) is 0 Å². The molecule has 7 nitrogen and oxygen atoms in total. The van der Waals surface area contributed by atoms with Gasteiger partial charge in [0.25, 0.3) is 5.91 Å². The van der Waals surface area contributed by atoms with E-state index in [0.29, 0.717) is 54.7 Å². The third kappa shape index (κ3) is 4.26. The number of benzene rings is 2. The summed E-state index contributed by atoms with van der Waals surface area (Å²) in [5, 5.41) is 12.7. The van der Waals surface area contributed by atoms with Crippen LogP contribution in [-0.4, -0.2) is 43.9 Å². The highest BCUT2D eigenvalue weighted by Gasteiger charge is 2.29. The summed E-state index contributed by atoms with van der Waals surface area (Å²) >= 11 is 0. The van der Waals surface area contributed by atoms with Gasteiger partial charge < -0.3 is 9.32 Å². The average Bonchev–Trinajstić information content (AvgIpc) is 3.47. The minimum Gasteiger partial charge on any atom is -0.420 e. The molecular weight excluding hydrogens is 428 g/mol. The minimum atomic E-state index is -0.325. The zero-order valence-electron chi connectivity index (χ0n) is 17.9. The first-order valence-corrected chi connectivity index (χ1v) is 10.7. The van der Waals surface area contributed by atoms with Crippen molar-refractivity contribution in [2.75, 3.05) is 13.1 Å². The third-order valence-electron chi connectivity index (χ3n) is 5.90. The molecule has 0 bridgehead atoms. The van der Waals surface area contributed by atoms with Crippen LogP contribution >= 0.6 is 0 Å². The Morgan fingerprint density at radius 2 is 1.55 bits per heavy atom. The van der Waals surface area contributed by atoms with Gasteiger partial charge >= 0.3 is 0 Å². The molecule has 5 rings (SSSR count).